The van der Waals surface area contributed by atoms with Crippen molar-refractivity contribution in [1.29, 1.82) is 0 Å². The third-order valence-corrected chi connectivity index (χ3v) is 4.82. The zero-order valence-corrected chi connectivity index (χ0v) is 10.3. The highest BCUT2D eigenvalue weighted by molar-refractivity contribution is 7.91. The number of ketones is 1. The van der Waals surface area contributed by atoms with Gasteiger partial charge in [-0.2, -0.15) is 0 Å². The number of sulfone groups is 1. The molecule has 0 amide bonds. The fourth-order valence-corrected chi connectivity index (χ4v) is 4.13. The van der Waals surface area contributed by atoms with Crippen LogP contribution in [0.3, 0.4) is 0 Å². The van der Waals surface area contributed by atoms with E-state index in [0.29, 0.717) is 15.5 Å². The van der Waals surface area contributed by atoms with E-state index in [1.807, 2.05) is 0 Å². The van der Waals surface area contributed by atoms with Crippen LogP contribution < -0.4 is 0 Å². The number of rotatable bonds is 2. The molecule has 0 bridgehead atoms. The molecule has 0 fully saturated rings. The number of hydrogen-bond acceptors (Lipinski definition) is 3. The molecule has 2 rings (SSSR count). The summed E-state index contributed by atoms with van der Waals surface area (Å²) in [6, 6.07) is 4.73. The highest BCUT2D eigenvalue weighted by Crippen LogP contribution is 2.38. The summed E-state index contributed by atoms with van der Waals surface area (Å²) in [5.74, 6) is -0.230. The molecule has 3 nitrogen and oxygen atoms in total. The number of hydrogen-bond donors (Lipinski definition) is 0. The van der Waals surface area contributed by atoms with Crippen LogP contribution in [0.5, 0.6) is 0 Å². The van der Waals surface area contributed by atoms with Gasteiger partial charge in [-0.3, -0.25) is 0 Å². The van der Waals surface area contributed by atoms with E-state index in [9.17, 15) is 13.2 Å². The molecule has 1 heterocycles. The van der Waals surface area contributed by atoms with Gasteiger partial charge in [0.25, 0.3) is 0 Å². The molecule has 1 unspecified atom stereocenters. The molecule has 5 heteroatoms. The normalized spacial score (nSPS) is 21.8. The molecule has 0 spiro atoms. The molecule has 0 radical (unpaired) electrons. The maximum atomic E-state index is 11.8. The third kappa shape index (κ3) is 1.99. The second-order valence-electron chi connectivity index (χ2n) is 4.07. The molecule has 16 heavy (non-hydrogen) atoms. The molecule has 1 aliphatic rings. The van der Waals surface area contributed by atoms with Crippen molar-refractivity contribution in [3.05, 3.63) is 28.8 Å². The Morgan fingerprint density at radius 2 is 2.19 bits per heavy atom. The van der Waals surface area contributed by atoms with E-state index in [1.54, 1.807) is 12.1 Å². The number of Topliss-reactive ketones (excluding diaryl/α,β-unsaturated/α-hetero) is 1. The molecule has 0 aliphatic carbocycles. The standard InChI is InChI=1S/C11H11ClO3S/c1-7(13)4-8-6-16(14,15)11-3-2-9(12)5-10(8)11/h2-3,5,8H,4,6H2,1H3. The fraction of sp³-hybridized carbons (Fsp3) is 0.364. The Morgan fingerprint density at radius 3 is 2.81 bits per heavy atom. The van der Waals surface area contributed by atoms with Gasteiger partial charge in [-0.25, -0.2) is 8.42 Å². The lowest BCUT2D eigenvalue weighted by atomic mass is 9.96. The Labute approximate surface area is 99.3 Å². The summed E-state index contributed by atoms with van der Waals surface area (Å²) in [5, 5.41) is 0.504. The first-order valence-corrected chi connectivity index (χ1v) is 6.95. The van der Waals surface area contributed by atoms with Gasteiger partial charge in [0.05, 0.1) is 10.6 Å². The lowest BCUT2D eigenvalue weighted by Gasteiger charge is -2.06. The van der Waals surface area contributed by atoms with Gasteiger partial charge < -0.3 is 4.79 Å². The minimum Gasteiger partial charge on any atom is -0.300 e. The third-order valence-electron chi connectivity index (χ3n) is 2.70. The van der Waals surface area contributed by atoms with Gasteiger partial charge in [0.1, 0.15) is 5.78 Å². The second kappa shape index (κ2) is 3.86. The van der Waals surface area contributed by atoms with Crippen molar-refractivity contribution in [2.45, 2.75) is 24.2 Å². The smallest absolute Gasteiger partial charge is 0.179 e. The average molecular weight is 259 g/mol. The first kappa shape index (κ1) is 11.6. The van der Waals surface area contributed by atoms with Gasteiger partial charge >= 0.3 is 0 Å². The van der Waals surface area contributed by atoms with Crippen molar-refractivity contribution in [1.82, 2.24) is 0 Å². The highest BCUT2D eigenvalue weighted by Gasteiger charge is 2.35. The predicted octanol–water partition coefficient (Wildman–Crippen LogP) is 2.19. The van der Waals surface area contributed by atoms with Crippen molar-refractivity contribution >= 4 is 27.2 Å². The molecular weight excluding hydrogens is 248 g/mol. The minimum absolute atomic E-state index is 0.00646. The van der Waals surface area contributed by atoms with Crippen LogP contribution in [-0.2, 0) is 14.6 Å². The molecule has 0 aromatic heterocycles. The van der Waals surface area contributed by atoms with Crippen LogP contribution in [0.25, 0.3) is 0 Å². The Kier molecular flexibility index (Phi) is 2.80. The maximum Gasteiger partial charge on any atom is 0.179 e. The lowest BCUT2D eigenvalue weighted by molar-refractivity contribution is -0.117. The Hall–Kier alpha value is -0.870. The van der Waals surface area contributed by atoms with Crippen LogP contribution in [-0.4, -0.2) is 20.0 Å². The van der Waals surface area contributed by atoms with Crippen molar-refractivity contribution in [2.75, 3.05) is 5.75 Å². The number of carbonyl (C=O) groups is 1. The van der Waals surface area contributed by atoms with Crippen LogP contribution >= 0.6 is 11.6 Å². The van der Waals surface area contributed by atoms with Gasteiger partial charge in [0.15, 0.2) is 9.84 Å². The van der Waals surface area contributed by atoms with Crippen molar-refractivity contribution in [3.8, 4) is 0 Å². The summed E-state index contributed by atoms with van der Waals surface area (Å²) in [5.41, 5.74) is 0.683. The van der Waals surface area contributed by atoms with Crippen LogP contribution in [0.4, 0.5) is 0 Å². The monoisotopic (exact) mass is 258 g/mol. The average Bonchev–Trinajstić information content (AvgIpc) is 2.37. The summed E-state index contributed by atoms with van der Waals surface area (Å²) >= 11 is 5.84. The Morgan fingerprint density at radius 1 is 1.50 bits per heavy atom. The van der Waals surface area contributed by atoms with E-state index < -0.39 is 9.84 Å². The SMILES string of the molecule is CC(=O)CC1CS(=O)(=O)c2ccc(Cl)cc21. The first-order valence-electron chi connectivity index (χ1n) is 4.92. The molecule has 1 aromatic carbocycles. The number of benzene rings is 1. The van der Waals surface area contributed by atoms with Crippen LogP contribution in [0.15, 0.2) is 23.1 Å². The zero-order valence-electron chi connectivity index (χ0n) is 8.73. The summed E-state index contributed by atoms with van der Waals surface area (Å²) in [4.78, 5) is 11.4. The van der Waals surface area contributed by atoms with Crippen LogP contribution in [0, 0.1) is 0 Å². The van der Waals surface area contributed by atoms with Crippen LogP contribution in [0.1, 0.15) is 24.8 Å². The van der Waals surface area contributed by atoms with E-state index in [0.717, 1.165) is 0 Å². The Balaban J connectivity index is 2.52. The molecular formula is C11H11ClO3S. The van der Waals surface area contributed by atoms with Crippen molar-refractivity contribution < 1.29 is 13.2 Å². The van der Waals surface area contributed by atoms with Gasteiger partial charge in [-0.15, -0.1) is 0 Å². The van der Waals surface area contributed by atoms with E-state index in [-0.39, 0.29) is 23.9 Å². The van der Waals surface area contributed by atoms with Crippen LogP contribution in [0.2, 0.25) is 5.02 Å². The van der Waals surface area contributed by atoms with E-state index in [1.165, 1.54) is 13.0 Å². The summed E-state index contributed by atoms with van der Waals surface area (Å²) in [7, 11) is -3.23. The fourth-order valence-electron chi connectivity index (χ4n) is 2.08. The summed E-state index contributed by atoms with van der Waals surface area (Å²) in [6.07, 6.45) is 0.257. The first-order chi connectivity index (χ1) is 7.40. The van der Waals surface area contributed by atoms with Gasteiger partial charge in [0.2, 0.25) is 0 Å². The Bertz CT molecular complexity index is 548. The van der Waals surface area contributed by atoms with E-state index in [2.05, 4.69) is 0 Å². The topological polar surface area (TPSA) is 51.2 Å². The van der Waals surface area contributed by atoms with E-state index >= 15 is 0 Å². The molecule has 1 atom stereocenters. The van der Waals surface area contributed by atoms with Crippen molar-refractivity contribution in [2.24, 2.45) is 0 Å². The predicted molar refractivity (Wildman–Crippen MR) is 61.5 cm³/mol. The molecule has 0 saturated heterocycles. The zero-order chi connectivity index (χ0) is 11.9. The second-order valence-corrected chi connectivity index (χ2v) is 6.51. The maximum absolute atomic E-state index is 11.8. The summed E-state index contributed by atoms with van der Waals surface area (Å²) in [6.45, 7) is 1.47. The number of carbonyl (C=O) groups excluding carboxylic acids is 1. The van der Waals surface area contributed by atoms with Gasteiger partial charge in [-0.05, 0) is 30.7 Å². The molecule has 1 aromatic rings. The quantitative estimate of drug-likeness (QED) is 0.817. The summed E-state index contributed by atoms with van der Waals surface area (Å²) < 4.78 is 23.6. The lowest BCUT2D eigenvalue weighted by Crippen LogP contribution is -2.07. The van der Waals surface area contributed by atoms with Gasteiger partial charge in [-0.1, -0.05) is 11.6 Å². The number of fused-ring (bicyclic) bond motifs is 1. The molecule has 0 N–H and O–H groups in total. The van der Waals surface area contributed by atoms with Gasteiger partial charge in [0, 0.05) is 17.4 Å². The highest BCUT2D eigenvalue weighted by atomic mass is 35.5. The van der Waals surface area contributed by atoms with Crippen molar-refractivity contribution in [3.63, 3.8) is 0 Å². The molecule has 0 saturated carbocycles. The van der Waals surface area contributed by atoms with E-state index in [4.69, 9.17) is 11.6 Å². The molecule has 1 aliphatic heterocycles. The number of halogens is 1. The molecule has 86 valence electrons. The largest absolute Gasteiger partial charge is 0.300 e. The minimum atomic E-state index is -3.23.